The smallest absolute Gasteiger partial charge is 0.240 e. The lowest BCUT2D eigenvalue weighted by Gasteiger charge is -2.19. The lowest BCUT2D eigenvalue weighted by atomic mass is 9.87. The molecule has 0 fully saturated rings. The van der Waals surface area contributed by atoms with Crippen molar-refractivity contribution in [2.45, 2.75) is 43.6 Å². The maximum atomic E-state index is 12.5. The van der Waals surface area contributed by atoms with E-state index in [1.807, 2.05) is 24.3 Å². The Hall–Kier alpha value is -1.89. The van der Waals surface area contributed by atoms with Crippen molar-refractivity contribution in [2.75, 3.05) is 13.2 Å². The Morgan fingerprint density at radius 3 is 2.50 bits per heavy atom. The summed E-state index contributed by atoms with van der Waals surface area (Å²) in [5.41, 5.74) is 2.75. The van der Waals surface area contributed by atoms with Crippen LogP contribution in [-0.2, 0) is 21.9 Å². The Morgan fingerprint density at radius 2 is 1.85 bits per heavy atom. The van der Waals surface area contributed by atoms with Gasteiger partial charge < -0.3 is 9.84 Å². The zero-order valence-electron chi connectivity index (χ0n) is 15.3. The molecule has 2 aromatic carbocycles. The van der Waals surface area contributed by atoms with Gasteiger partial charge in [-0.25, -0.2) is 13.1 Å². The summed E-state index contributed by atoms with van der Waals surface area (Å²) < 4.78 is 32.9. The molecule has 1 unspecified atom stereocenters. The minimum Gasteiger partial charge on any atom is -0.493 e. The number of hydrogen-bond acceptors (Lipinski definition) is 4. The molecule has 1 aliphatic rings. The van der Waals surface area contributed by atoms with Crippen molar-refractivity contribution in [3.63, 3.8) is 0 Å². The third kappa shape index (κ3) is 4.09. The molecule has 0 saturated carbocycles. The molecule has 2 N–H and O–H groups in total. The molecule has 6 heteroatoms. The molecule has 0 spiro atoms. The van der Waals surface area contributed by atoms with Crippen molar-refractivity contribution >= 4 is 10.0 Å². The largest absolute Gasteiger partial charge is 0.493 e. The first-order valence-electron chi connectivity index (χ1n) is 8.71. The number of hydrogen-bond donors (Lipinski definition) is 2. The van der Waals surface area contributed by atoms with E-state index in [0.717, 1.165) is 23.3 Å². The molecular weight excluding hydrogens is 350 g/mol. The first kappa shape index (κ1) is 18.9. The quantitative estimate of drug-likeness (QED) is 0.843. The van der Waals surface area contributed by atoms with Crippen LogP contribution in [0, 0.1) is 0 Å². The zero-order valence-corrected chi connectivity index (χ0v) is 16.1. The van der Waals surface area contributed by atoms with Crippen LogP contribution in [0.1, 0.15) is 43.6 Å². The number of aliphatic hydroxyl groups excluding tert-OH is 1. The molecule has 1 heterocycles. The highest BCUT2D eigenvalue weighted by atomic mass is 32.2. The van der Waals surface area contributed by atoms with Crippen molar-refractivity contribution in [3.8, 4) is 5.75 Å². The summed E-state index contributed by atoms with van der Waals surface area (Å²) in [5, 5.41) is 10.3. The Balaban J connectivity index is 1.68. The van der Waals surface area contributed by atoms with E-state index >= 15 is 0 Å². The molecule has 1 aliphatic heterocycles. The number of benzene rings is 2. The van der Waals surface area contributed by atoms with Gasteiger partial charge in [0.05, 0.1) is 17.6 Å². The van der Waals surface area contributed by atoms with Gasteiger partial charge in [-0.3, -0.25) is 0 Å². The van der Waals surface area contributed by atoms with E-state index in [9.17, 15) is 13.5 Å². The summed E-state index contributed by atoms with van der Waals surface area (Å²) in [6.07, 6.45) is -0.105. The Morgan fingerprint density at radius 1 is 1.15 bits per heavy atom. The molecule has 1 atom stereocenters. The van der Waals surface area contributed by atoms with Gasteiger partial charge in [0.25, 0.3) is 0 Å². The number of aliphatic hydroxyl groups is 1. The maximum absolute atomic E-state index is 12.5. The predicted molar refractivity (Wildman–Crippen MR) is 101 cm³/mol. The van der Waals surface area contributed by atoms with Crippen LogP contribution in [0.5, 0.6) is 5.75 Å². The van der Waals surface area contributed by atoms with Gasteiger partial charge in [0.15, 0.2) is 0 Å². The van der Waals surface area contributed by atoms with Gasteiger partial charge in [-0.15, -0.1) is 0 Å². The third-order valence-electron chi connectivity index (χ3n) is 4.60. The van der Waals surface area contributed by atoms with Crippen molar-refractivity contribution in [1.82, 2.24) is 4.72 Å². The summed E-state index contributed by atoms with van der Waals surface area (Å²) in [7, 11) is -3.67. The Labute approximate surface area is 155 Å². The average Bonchev–Trinajstić information content (AvgIpc) is 3.07. The van der Waals surface area contributed by atoms with Gasteiger partial charge in [-0.2, -0.15) is 0 Å². The first-order valence-corrected chi connectivity index (χ1v) is 10.2. The number of nitrogens with one attached hydrogen (secondary N) is 1. The van der Waals surface area contributed by atoms with E-state index in [2.05, 4.69) is 25.5 Å². The van der Waals surface area contributed by atoms with Crippen LogP contribution in [0.2, 0.25) is 0 Å². The fourth-order valence-electron chi connectivity index (χ4n) is 2.94. The predicted octanol–water partition coefficient (Wildman–Crippen LogP) is 2.93. The van der Waals surface area contributed by atoms with Crippen LogP contribution >= 0.6 is 0 Å². The van der Waals surface area contributed by atoms with E-state index in [0.29, 0.717) is 12.2 Å². The highest BCUT2D eigenvalue weighted by Crippen LogP contribution is 2.28. The molecule has 0 aromatic heterocycles. The number of ether oxygens (including phenoxy) is 1. The van der Waals surface area contributed by atoms with Crippen molar-refractivity contribution in [1.29, 1.82) is 0 Å². The van der Waals surface area contributed by atoms with Crippen LogP contribution in [0.3, 0.4) is 0 Å². The van der Waals surface area contributed by atoms with Gasteiger partial charge in [0.2, 0.25) is 10.0 Å². The summed E-state index contributed by atoms with van der Waals surface area (Å²) in [6, 6.07) is 12.3. The highest BCUT2D eigenvalue weighted by Gasteiger charge is 2.20. The van der Waals surface area contributed by atoms with Gasteiger partial charge >= 0.3 is 0 Å². The lowest BCUT2D eigenvalue weighted by molar-refractivity contribution is 0.182. The summed E-state index contributed by atoms with van der Waals surface area (Å²) >= 11 is 0. The monoisotopic (exact) mass is 375 g/mol. The normalized spacial score (nSPS) is 15.4. The molecule has 140 valence electrons. The molecule has 5 nitrogen and oxygen atoms in total. The number of sulfonamides is 1. The van der Waals surface area contributed by atoms with E-state index in [1.54, 1.807) is 18.2 Å². The molecule has 0 saturated heterocycles. The third-order valence-corrected chi connectivity index (χ3v) is 6.04. The molecule has 0 radical (unpaired) electrons. The molecule has 0 aliphatic carbocycles. The topological polar surface area (TPSA) is 75.6 Å². The lowest BCUT2D eigenvalue weighted by Crippen LogP contribution is -2.28. The first-order chi connectivity index (χ1) is 12.2. The molecule has 0 bridgehead atoms. The standard InChI is InChI=1S/C20H25NO4S/c1-20(2,3)16-5-7-17(8-6-16)26(23,24)21-13-18(22)14-4-9-19-15(12-14)10-11-25-19/h4-9,12,18,21-22H,10-11,13H2,1-3H3. The molecule has 26 heavy (non-hydrogen) atoms. The summed E-state index contributed by atoms with van der Waals surface area (Å²) in [5.74, 6) is 0.834. The second-order valence-corrected chi connectivity index (χ2v) is 9.37. The Kier molecular flexibility index (Phi) is 5.10. The number of fused-ring (bicyclic) bond motifs is 1. The minimum absolute atomic E-state index is 0.0385. The van der Waals surface area contributed by atoms with Crippen LogP contribution in [0.4, 0.5) is 0 Å². The van der Waals surface area contributed by atoms with Gasteiger partial charge in [-0.05, 0) is 46.4 Å². The number of rotatable bonds is 5. The highest BCUT2D eigenvalue weighted by molar-refractivity contribution is 7.89. The second kappa shape index (κ2) is 7.02. The van der Waals surface area contributed by atoms with Gasteiger partial charge in [0.1, 0.15) is 5.75 Å². The van der Waals surface area contributed by atoms with E-state index in [4.69, 9.17) is 4.74 Å². The Bertz CT molecular complexity index is 883. The van der Waals surface area contributed by atoms with Crippen molar-refractivity contribution in [2.24, 2.45) is 0 Å². The molecular formula is C20H25NO4S. The van der Waals surface area contributed by atoms with Gasteiger partial charge in [-0.1, -0.05) is 39.0 Å². The van der Waals surface area contributed by atoms with Gasteiger partial charge in [0, 0.05) is 13.0 Å². The minimum atomic E-state index is -3.67. The van der Waals surface area contributed by atoms with Crippen LogP contribution in [0.25, 0.3) is 0 Å². The zero-order chi connectivity index (χ0) is 18.9. The SMILES string of the molecule is CC(C)(C)c1ccc(S(=O)(=O)NCC(O)c2ccc3c(c2)CCO3)cc1. The fourth-order valence-corrected chi connectivity index (χ4v) is 3.98. The van der Waals surface area contributed by atoms with E-state index in [-0.39, 0.29) is 16.9 Å². The van der Waals surface area contributed by atoms with E-state index < -0.39 is 16.1 Å². The average molecular weight is 375 g/mol. The maximum Gasteiger partial charge on any atom is 0.240 e. The van der Waals surface area contributed by atoms with Crippen molar-refractivity contribution in [3.05, 3.63) is 59.2 Å². The molecule has 0 amide bonds. The molecule has 2 aromatic rings. The summed E-state index contributed by atoms with van der Waals surface area (Å²) in [4.78, 5) is 0.194. The van der Waals surface area contributed by atoms with Crippen molar-refractivity contribution < 1.29 is 18.3 Å². The fraction of sp³-hybridized carbons (Fsp3) is 0.400. The molecule has 3 rings (SSSR count). The second-order valence-electron chi connectivity index (χ2n) is 7.61. The summed E-state index contributed by atoms with van der Waals surface area (Å²) in [6.45, 7) is 6.79. The van der Waals surface area contributed by atoms with Crippen LogP contribution in [0.15, 0.2) is 47.4 Å². The van der Waals surface area contributed by atoms with E-state index in [1.165, 1.54) is 0 Å². The van der Waals surface area contributed by atoms with Crippen LogP contribution < -0.4 is 9.46 Å². The van der Waals surface area contributed by atoms with Crippen LogP contribution in [-0.4, -0.2) is 26.7 Å².